The van der Waals surface area contributed by atoms with Crippen molar-refractivity contribution in [1.82, 2.24) is 0 Å². The van der Waals surface area contributed by atoms with Gasteiger partial charge in [0.1, 0.15) is 0 Å². The van der Waals surface area contributed by atoms with Gasteiger partial charge < -0.3 is 9.47 Å². The maximum atomic E-state index is 5.86. The Morgan fingerprint density at radius 1 is 1.60 bits per heavy atom. The van der Waals surface area contributed by atoms with Gasteiger partial charge in [0.15, 0.2) is 6.29 Å². The van der Waals surface area contributed by atoms with Crippen LogP contribution in [0.25, 0.3) is 0 Å². The first kappa shape index (κ1) is 11.1. The Morgan fingerprint density at radius 3 is 3.07 bits per heavy atom. The van der Waals surface area contributed by atoms with Crippen LogP contribution in [-0.2, 0) is 9.47 Å². The zero-order chi connectivity index (χ0) is 10.7. The van der Waals surface area contributed by atoms with Gasteiger partial charge >= 0.3 is 0 Å². The molecule has 1 fully saturated rings. The van der Waals surface area contributed by atoms with E-state index in [1.54, 1.807) is 11.3 Å². The smallest absolute Gasteiger partial charge is 0.158 e. The van der Waals surface area contributed by atoms with E-state index in [-0.39, 0.29) is 12.4 Å². The molecule has 2 atom stereocenters. The lowest BCUT2D eigenvalue weighted by Crippen LogP contribution is -2.23. The Morgan fingerprint density at radius 2 is 2.47 bits per heavy atom. The van der Waals surface area contributed by atoms with Crippen LogP contribution in [-0.4, -0.2) is 12.9 Å². The second-order valence-electron chi connectivity index (χ2n) is 3.87. The van der Waals surface area contributed by atoms with Gasteiger partial charge in [0.25, 0.3) is 0 Å². The van der Waals surface area contributed by atoms with E-state index in [4.69, 9.17) is 9.47 Å². The summed E-state index contributed by atoms with van der Waals surface area (Å²) in [4.78, 5) is 1.10. The van der Waals surface area contributed by atoms with E-state index in [0.717, 1.165) is 24.3 Å². The summed E-state index contributed by atoms with van der Waals surface area (Å²) in [5.74, 6) is 0. The number of hydrogen-bond acceptors (Lipinski definition) is 3. The number of hydrogen-bond donors (Lipinski definition) is 0. The summed E-state index contributed by atoms with van der Waals surface area (Å²) in [5.41, 5.74) is 1.19. The SMILES string of the molecule is [CH2]c1sccc1C(C)OC1CCCCO1. The molecule has 1 aliphatic heterocycles. The molecule has 1 saturated heterocycles. The van der Waals surface area contributed by atoms with Crippen molar-refractivity contribution >= 4 is 11.3 Å². The van der Waals surface area contributed by atoms with Gasteiger partial charge in [-0.05, 0) is 50.1 Å². The van der Waals surface area contributed by atoms with Crippen molar-refractivity contribution in [1.29, 1.82) is 0 Å². The maximum Gasteiger partial charge on any atom is 0.158 e. The van der Waals surface area contributed by atoms with E-state index in [2.05, 4.69) is 25.3 Å². The number of ether oxygens (including phenoxy) is 2. The lowest BCUT2D eigenvalue weighted by atomic mass is 10.1. The fraction of sp³-hybridized carbons (Fsp3) is 0.583. The summed E-state index contributed by atoms with van der Waals surface area (Å²) in [6.07, 6.45) is 3.45. The minimum Gasteiger partial charge on any atom is -0.353 e. The topological polar surface area (TPSA) is 18.5 Å². The molecule has 1 aromatic heterocycles. The van der Waals surface area contributed by atoms with E-state index in [1.165, 1.54) is 12.0 Å². The van der Waals surface area contributed by atoms with E-state index in [0.29, 0.717) is 0 Å². The third-order valence-electron chi connectivity index (χ3n) is 2.71. The van der Waals surface area contributed by atoms with Crippen LogP contribution >= 0.6 is 11.3 Å². The third-order valence-corrected chi connectivity index (χ3v) is 3.50. The predicted molar refractivity (Wildman–Crippen MR) is 61.9 cm³/mol. The average molecular weight is 225 g/mol. The van der Waals surface area contributed by atoms with Gasteiger partial charge in [0.2, 0.25) is 0 Å². The van der Waals surface area contributed by atoms with Crippen LogP contribution in [0, 0.1) is 6.92 Å². The molecule has 83 valence electrons. The van der Waals surface area contributed by atoms with Gasteiger partial charge in [-0.25, -0.2) is 0 Å². The van der Waals surface area contributed by atoms with Crippen LogP contribution in [0.2, 0.25) is 0 Å². The van der Waals surface area contributed by atoms with Crippen LogP contribution in [0.15, 0.2) is 11.4 Å². The zero-order valence-electron chi connectivity index (χ0n) is 9.07. The highest BCUT2D eigenvalue weighted by atomic mass is 32.1. The van der Waals surface area contributed by atoms with Crippen molar-refractivity contribution in [3.63, 3.8) is 0 Å². The van der Waals surface area contributed by atoms with Crippen molar-refractivity contribution < 1.29 is 9.47 Å². The predicted octanol–water partition coefficient (Wildman–Crippen LogP) is 3.53. The monoisotopic (exact) mass is 225 g/mol. The Balaban J connectivity index is 1.91. The first-order valence-electron chi connectivity index (χ1n) is 5.44. The van der Waals surface area contributed by atoms with Gasteiger partial charge in [-0.3, -0.25) is 0 Å². The summed E-state index contributed by atoms with van der Waals surface area (Å²) in [5, 5.41) is 2.05. The molecule has 2 nitrogen and oxygen atoms in total. The van der Waals surface area contributed by atoms with E-state index in [9.17, 15) is 0 Å². The third kappa shape index (κ3) is 2.80. The molecule has 0 N–H and O–H groups in total. The number of rotatable bonds is 3. The summed E-state index contributed by atoms with van der Waals surface area (Å²) in [7, 11) is 0. The Kier molecular flexibility index (Phi) is 3.78. The minimum absolute atomic E-state index is 0.0203. The molecular formula is C12H17O2S. The molecule has 0 aliphatic carbocycles. The summed E-state index contributed by atoms with van der Waals surface area (Å²) < 4.78 is 11.4. The van der Waals surface area contributed by atoms with Gasteiger partial charge in [0, 0.05) is 11.5 Å². The highest BCUT2D eigenvalue weighted by molar-refractivity contribution is 7.10. The normalized spacial score (nSPS) is 24.0. The van der Waals surface area contributed by atoms with Crippen molar-refractivity contribution in [2.75, 3.05) is 6.61 Å². The van der Waals surface area contributed by atoms with Crippen molar-refractivity contribution in [3.05, 3.63) is 28.8 Å². The molecule has 3 heteroatoms. The molecule has 2 unspecified atom stereocenters. The second-order valence-corrected chi connectivity index (χ2v) is 4.87. The molecule has 0 amide bonds. The zero-order valence-corrected chi connectivity index (χ0v) is 9.89. The standard InChI is InChI=1S/C12H17O2S/c1-9(11-6-8-15-10(11)2)14-12-5-3-4-7-13-12/h6,8-9,12H,2-5,7H2,1H3. The van der Waals surface area contributed by atoms with E-state index in [1.807, 2.05) is 0 Å². The van der Waals surface area contributed by atoms with Gasteiger partial charge in [0.05, 0.1) is 6.10 Å². The van der Waals surface area contributed by atoms with Gasteiger partial charge in [-0.15, -0.1) is 11.3 Å². The number of thiophene rings is 1. The summed E-state index contributed by atoms with van der Waals surface area (Å²) >= 11 is 1.66. The lowest BCUT2D eigenvalue weighted by molar-refractivity contribution is -0.186. The molecule has 2 heterocycles. The molecular weight excluding hydrogens is 208 g/mol. The largest absolute Gasteiger partial charge is 0.353 e. The lowest BCUT2D eigenvalue weighted by Gasteiger charge is -2.26. The second kappa shape index (κ2) is 5.10. The van der Waals surface area contributed by atoms with Crippen LogP contribution in [0.4, 0.5) is 0 Å². The van der Waals surface area contributed by atoms with Crippen LogP contribution in [0.5, 0.6) is 0 Å². The fourth-order valence-electron chi connectivity index (χ4n) is 1.83. The molecule has 1 radical (unpaired) electrons. The highest BCUT2D eigenvalue weighted by Crippen LogP contribution is 2.28. The molecule has 0 saturated carbocycles. The van der Waals surface area contributed by atoms with Gasteiger partial charge in [-0.1, -0.05) is 0 Å². The first-order valence-corrected chi connectivity index (χ1v) is 6.32. The quantitative estimate of drug-likeness (QED) is 0.783. The molecule has 0 aromatic carbocycles. The van der Waals surface area contributed by atoms with Crippen molar-refractivity contribution in [2.24, 2.45) is 0 Å². The van der Waals surface area contributed by atoms with Crippen LogP contribution < -0.4 is 0 Å². The van der Waals surface area contributed by atoms with E-state index >= 15 is 0 Å². The highest BCUT2D eigenvalue weighted by Gasteiger charge is 2.19. The Hall–Kier alpha value is -0.380. The molecule has 15 heavy (non-hydrogen) atoms. The maximum absolute atomic E-state index is 5.86. The molecule has 1 aliphatic rings. The molecule has 2 rings (SSSR count). The first-order chi connectivity index (χ1) is 7.27. The minimum atomic E-state index is -0.0203. The van der Waals surface area contributed by atoms with E-state index < -0.39 is 0 Å². The van der Waals surface area contributed by atoms with Gasteiger partial charge in [-0.2, -0.15) is 0 Å². The van der Waals surface area contributed by atoms with Crippen LogP contribution in [0.3, 0.4) is 0 Å². The van der Waals surface area contributed by atoms with Crippen molar-refractivity contribution in [2.45, 2.75) is 38.6 Å². The fourth-order valence-corrected chi connectivity index (χ4v) is 2.58. The Bertz CT molecular complexity index is 302. The summed E-state index contributed by atoms with van der Waals surface area (Å²) in [6, 6.07) is 2.08. The average Bonchev–Trinajstić information content (AvgIpc) is 2.66. The van der Waals surface area contributed by atoms with Crippen LogP contribution in [0.1, 0.15) is 42.7 Å². The summed E-state index contributed by atoms with van der Waals surface area (Å²) in [6.45, 7) is 6.89. The Labute approximate surface area is 95.2 Å². The van der Waals surface area contributed by atoms with Crippen molar-refractivity contribution in [3.8, 4) is 0 Å². The molecule has 1 aromatic rings. The molecule has 0 spiro atoms. The molecule has 0 bridgehead atoms.